The number of anilines is 1. The van der Waals surface area contributed by atoms with E-state index in [1.807, 2.05) is 0 Å². The Morgan fingerprint density at radius 2 is 1.43 bits per heavy atom. The molecular weight excluding hydrogens is 781 g/mol. The number of ether oxygens (including phenoxy) is 1. The van der Waals surface area contributed by atoms with Gasteiger partial charge in [-0.25, -0.2) is 43.3 Å². The highest BCUT2D eigenvalue weighted by Gasteiger charge is 2.50. The smallest absolute Gasteiger partial charge is 0.387 e. The third-order valence-electron chi connectivity index (χ3n) is 8.70. The molecule has 2 fully saturated rings. The average Bonchev–Trinajstić information content (AvgIpc) is 3.67. The maximum atomic E-state index is 13.2. The molecular formula is C29H53N6O16P3. The number of phosphoric acid groups is 3. The Bertz CT molecular complexity index is 1550. The van der Waals surface area contributed by atoms with Crippen LogP contribution < -0.4 is 10.6 Å². The van der Waals surface area contributed by atoms with Crippen LogP contribution in [0.4, 0.5) is 5.82 Å². The first kappa shape index (κ1) is 45.2. The second kappa shape index (κ2) is 22.4. The minimum absolute atomic E-state index is 0.287. The van der Waals surface area contributed by atoms with E-state index in [0.29, 0.717) is 23.9 Å². The number of imidazole rings is 1. The van der Waals surface area contributed by atoms with E-state index in [9.17, 15) is 28.8 Å². The van der Waals surface area contributed by atoms with Gasteiger partial charge in [0.25, 0.3) is 0 Å². The number of aromatic nitrogens is 4. The van der Waals surface area contributed by atoms with Gasteiger partial charge >= 0.3 is 23.5 Å². The zero-order valence-electron chi connectivity index (χ0n) is 30.6. The second-order valence-corrected chi connectivity index (χ2v) is 17.4. The summed E-state index contributed by atoms with van der Waals surface area (Å²) in [6, 6.07) is 0.635. The van der Waals surface area contributed by atoms with Gasteiger partial charge in [0, 0.05) is 12.6 Å². The summed E-state index contributed by atoms with van der Waals surface area (Å²) in [5, 5.41) is 28.7. The monoisotopic (exact) mass is 834 g/mol. The number of fused-ring (bicyclic) bond motifs is 1. The van der Waals surface area contributed by atoms with E-state index in [1.165, 1.54) is 75.0 Å². The molecule has 0 bridgehead atoms. The highest BCUT2D eigenvalue weighted by Crippen LogP contribution is 2.72. The van der Waals surface area contributed by atoms with Crippen molar-refractivity contribution >= 4 is 40.4 Å². The van der Waals surface area contributed by atoms with Crippen molar-refractivity contribution in [2.45, 2.75) is 114 Å². The normalized spacial score (nSPS) is 25.2. The van der Waals surface area contributed by atoms with Crippen molar-refractivity contribution in [3.05, 3.63) is 12.7 Å². The van der Waals surface area contributed by atoms with Gasteiger partial charge in [0.15, 0.2) is 23.2 Å². The minimum atomic E-state index is -5.44. The summed E-state index contributed by atoms with van der Waals surface area (Å²) < 4.78 is 71.9. The summed E-state index contributed by atoms with van der Waals surface area (Å²) >= 11 is 0. The number of nitrogens with zero attached hydrogens (tertiary/aromatic N) is 4. The molecule has 54 heavy (non-hydrogen) atoms. The molecule has 2 aromatic heterocycles. The lowest BCUT2D eigenvalue weighted by Gasteiger charge is -2.22. The first-order valence-corrected chi connectivity index (χ1v) is 22.3. The van der Waals surface area contributed by atoms with Crippen LogP contribution in [0.1, 0.15) is 89.7 Å². The van der Waals surface area contributed by atoms with Gasteiger partial charge in [-0.15, -0.1) is 14.0 Å². The highest BCUT2D eigenvalue weighted by molar-refractivity contribution is 7.67. The molecule has 0 aromatic carbocycles. The van der Waals surface area contributed by atoms with E-state index in [0.717, 1.165) is 53.6 Å². The first-order valence-electron chi connectivity index (χ1n) is 17.9. The zero-order valence-corrected chi connectivity index (χ0v) is 33.3. The average molecular weight is 835 g/mol. The van der Waals surface area contributed by atoms with Gasteiger partial charge in [0.05, 0.1) is 34.3 Å². The zero-order chi connectivity index (χ0) is 39.0. The molecule has 2 aliphatic rings. The van der Waals surface area contributed by atoms with Crippen LogP contribution in [0.15, 0.2) is 12.7 Å². The second-order valence-electron chi connectivity index (χ2n) is 12.7. The van der Waals surface area contributed by atoms with Gasteiger partial charge in [-0.05, 0) is 32.2 Å². The summed E-state index contributed by atoms with van der Waals surface area (Å²) in [6.07, 6.45) is 13.0. The number of nitrogens with one attached hydrogen (secondary N) is 2. The van der Waals surface area contributed by atoms with Crippen LogP contribution in [-0.2, 0) is 60.3 Å². The number of hydrogen-bond acceptors (Lipinski definition) is 20. The lowest BCUT2D eigenvalue weighted by atomic mass is 9.97. The summed E-state index contributed by atoms with van der Waals surface area (Å²) in [4.78, 5) is 35.2. The summed E-state index contributed by atoms with van der Waals surface area (Å²) in [7, 11) is -13.4. The van der Waals surface area contributed by atoms with Gasteiger partial charge in [-0.2, -0.15) is 8.62 Å². The summed E-state index contributed by atoms with van der Waals surface area (Å²) in [6.45, 7) is 0.843. The molecule has 1 aliphatic heterocycles. The Labute approximate surface area is 313 Å². The van der Waals surface area contributed by atoms with Crippen LogP contribution >= 0.6 is 23.5 Å². The predicted molar refractivity (Wildman–Crippen MR) is 189 cm³/mol. The topological polar surface area (TPSA) is 272 Å². The van der Waals surface area contributed by atoms with Crippen molar-refractivity contribution in [3.8, 4) is 0 Å². The number of rotatable bonds is 23. The lowest BCUT2D eigenvalue weighted by molar-refractivity contribution is -0.215. The molecule has 3 heterocycles. The van der Waals surface area contributed by atoms with Crippen LogP contribution in [0.2, 0.25) is 0 Å². The van der Waals surface area contributed by atoms with E-state index in [-0.39, 0.29) is 5.65 Å². The fourth-order valence-corrected chi connectivity index (χ4v) is 10.1. The Hall–Kier alpha value is -1.52. The number of aliphatic hydroxyl groups is 2. The Balaban J connectivity index is 1.28. The fourth-order valence-electron chi connectivity index (χ4n) is 6.20. The molecule has 0 amide bonds. The Kier molecular flexibility index (Phi) is 18.8. The molecule has 310 valence electrons. The number of aliphatic hydroxyl groups excluding tert-OH is 2. The number of unbranched alkanes of at least 4 members (excludes halogenated alkanes) is 3. The molecule has 1 saturated heterocycles. The van der Waals surface area contributed by atoms with E-state index in [1.54, 1.807) is 0 Å². The van der Waals surface area contributed by atoms with E-state index in [4.69, 9.17) is 9.26 Å². The van der Waals surface area contributed by atoms with Crippen molar-refractivity contribution < 1.29 is 75.4 Å². The van der Waals surface area contributed by atoms with E-state index in [2.05, 4.69) is 62.9 Å². The van der Waals surface area contributed by atoms with E-state index >= 15 is 0 Å². The Morgan fingerprint density at radius 1 is 0.796 bits per heavy atom. The largest absolute Gasteiger partial charge is 0.520 e. The van der Waals surface area contributed by atoms with Gasteiger partial charge in [0.2, 0.25) is 0 Å². The third kappa shape index (κ3) is 13.8. The van der Waals surface area contributed by atoms with E-state index < -0.39 is 54.6 Å². The molecule has 7 atom stereocenters. The molecule has 1 aliphatic carbocycles. The van der Waals surface area contributed by atoms with Crippen LogP contribution in [0.3, 0.4) is 0 Å². The lowest BCUT2D eigenvalue weighted by Crippen LogP contribution is -2.33. The number of hydrogen-bond donors (Lipinski definition) is 5. The fraction of sp³-hybridized carbons (Fsp3) is 0.828. The van der Waals surface area contributed by atoms with Gasteiger partial charge in [0.1, 0.15) is 24.6 Å². The standard InChI is InChI=1S/C29H53N6O16P3/c1-42-47-52(38,39)50-54(41,49-44-3)51-53(40,48-43-2)45-19-23-25(36)26(37)29(46-23)35-21-34-24-27(32-20-33-28(24)35)31-18-14-10-9-13-17-30-22-15-11-7-5-4-6-8-12-16-22/h20-23,25-26,29-30,36-37H,4-19H2,1-3H3,(H,38,39)(H,31,32,33). The maximum absolute atomic E-state index is 13.2. The molecule has 0 spiro atoms. The molecule has 7 unspecified atom stereocenters. The molecule has 5 N–H and O–H groups in total. The predicted octanol–water partition coefficient (Wildman–Crippen LogP) is 5.00. The van der Waals surface area contributed by atoms with Gasteiger partial charge < -0.3 is 30.5 Å². The Morgan fingerprint density at radius 3 is 2.09 bits per heavy atom. The molecule has 25 heteroatoms. The van der Waals surface area contributed by atoms with Crippen molar-refractivity contribution in [2.75, 3.05) is 46.3 Å². The van der Waals surface area contributed by atoms with Crippen molar-refractivity contribution in [3.63, 3.8) is 0 Å². The summed E-state index contributed by atoms with van der Waals surface area (Å²) in [5.41, 5.74) is 0.687. The van der Waals surface area contributed by atoms with Crippen LogP contribution in [0.5, 0.6) is 0 Å². The van der Waals surface area contributed by atoms with Gasteiger partial charge in [-0.3, -0.25) is 9.09 Å². The molecule has 1 saturated carbocycles. The molecule has 0 radical (unpaired) electrons. The van der Waals surface area contributed by atoms with Crippen LogP contribution in [-0.4, -0.2) is 100 Å². The first-order chi connectivity index (χ1) is 25.9. The quantitative estimate of drug-likeness (QED) is 0.0426. The molecule has 2 aromatic rings. The minimum Gasteiger partial charge on any atom is -0.387 e. The van der Waals surface area contributed by atoms with Crippen molar-refractivity contribution in [1.82, 2.24) is 24.8 Å². The third-order valence-corrected chi connectivity index (χ3v) is 13.4. The molecule has 4 rings (SSSR count). The maximum Gasteiger partial charge on any atom is 0.520 e. The van der Waals surface area contributed by atoms with Crippen molar-refractivity contribution in [2.24, 2.45) is 0 Å². The molecule has 22 nitrogen and oxygen atoms in total. The van der Waals surface area contributed by atoms with Gasteiger partial charge in [-0.1, -0.05) is 57.8 Å². The summed E-state index contributed by atoms with van der Waals surface area (Å²) in [5.74, 6) is 0.479. The SMILES string of the molecule is COOP(=O)(O)OP(=O)(OOC)OP(=O)(OCC1OC(n2cnc3c(NCCCCCCNC4CCCCCCCCC4)ncnc32)C(O)C1O)OOC. The van der Waals surface area contributed by atoms with Crippen LogP contribution in [0, 0.1) is 0 Å². The highest BCUT2D eigenvalue weighted by atomic mass is 31.3. The van der Waals surface area contributed by atoms with Crippen LogP contribution in [0.25, 0.3) is 11.2 Å². The van der Waals surface area contributed by atoms with Crippen molar-refractivity contribution in [1.29, 1.82) is 0 Å².